The van der Waals surface area contributed by atoms with Crippen molar-refractivity contribution in [3.63, 3.8) is 0 Å². The third kappa shape index (κ3) is 3.99. The number of nitrogens with one attached hydrogen (secondary N) is 1. The number of primary amides is 1. The Kier molecular flexibility index (Phi) is 5.62. The Labute approximate surface area is 189 Å². The van der Waals surface area contributed by atoms with Gasteiger partial charge < -0.3 is 15.5 Å². The molecular formula is C25H25F2N3O3. The Morgan fingerprint density at radius 2 is 1.94 bits per heavy atom. The Hall–Kier alpha value is -3.26. The molecule has 2 heterocycles. The van der Waals surface area contributed by atoms with E-state index in [4.69, 9.17) is 10.5 Å². The number of amides is 1. The van der Waals surface area contributed by atoms with E-state index >= 15 is 0 Å². The van der Waals surface area contributed by atoms with Gasteiger partial charge in [-0.05, 0) is 49.6 Å². The monoisotopic (exact) mass is 453 g/mol. The molecule has 1 aromatic heterocycles. The smallest absolute Gasteiger partial charge is 0.249 e. The first kappa shape index (κ1) is 21.6. The fourth-order valence-corrected chi connectivity index (χ4v) is 4.95. The lowest BCUT2D eigenvalue weighted by Gasteiger charge is -2.44. The number of aromatic nitrogens is 1. The van der Waals surface area contributed by atoms with Crippen molar-refractivity contribution in [1.29, 1.82) is 0 Å². The molecule has 1 aliphatic heterocycles. The molecule has 5 rings (SSSR count). The van der Waals surface area contributed by atoms with E-state index in [1.807, 2.05) is 0 Å². The highest BCUT2D eigenvalue weighted by atomic mass is 19.1. The van der Waals surface area contributed by atoms with E-state index in [1.165, 1.54) is 24.3 Å². The number of hydrogen-bond acceptors (Lipinski definition) is 4. The molecule has 1 fully saturated rings. The molecule has 0 bridgehead atoms. The number of carbonyl (C=O) groups is 2. The number of aromatic amines is 1. The molecule has 1 aliphatic carbocycles. The summed E-state index contributed by atoms with van der Waals surface area (Å²) in [6.07, 6.45) is 5.46. The van der Waals surface area contributed by atoms with E-state index in [2.05, 4.69) is 9.88 Å². The predicted octanol–water partition coefficient (Wildman–Crippen LogP) is 3.98. The van der Waals surface area contributed by atoms with Gasteiger partial charge >= 0.3 is 0 Å². The quantitative estimate of drug-likeness (QED) is 0.530. The van der Waals surface area contributed by atoms with Gasteiger partial charge in [0.05, 0.1) is 0 Å². The second kappa shape index (κ2) is 8.59. The van der Waals surface area contributed by atoms with Crippen LogP contribution in [0.4, 0.5) is 8.78 Å². The Morgan fingerprint density at radius 3 is 2.67 bits per heavy atom. The lowest BCUT2D eigenvalue weighted by Crippen LogP contribution is -2.52. The van der Waals surface area contributed by atoms with Crippen LogP contribution >= 0.6 is 0 Å². The molecule has 1 saturated carbocycles. The summed E-state index contributed by atoms with van der Waals surface area (Å²) in [5.41, 5.74) is 7.45. The van der Waals surface area contributed by atoms with Gasteiger partial charge in [-0.2, -0.15) is 0 Å². The molecule has 2 aliphatic rings. The molecule has 0 radical (unpaired) electrons. The van der Waals surface area contributed by atoms with Crippen LogP contribution < -0.4 is 10.5 Å². The molecular weight excluding hydrogens is 428 g/mol. The van der Waals surface area contributed by atoms with E-state index in [0.717, 1.165) is 19.3 Å². The van der Waals surface area contributed by atoms with Gasteiger partial charge in [-0.3, -0.25) is 14.5 Å². The summed E-state index contributed by atoms with van der Waals surface area (Å²) in [4.78, 5) is 30.2. The predicted molar refractivity (Wildman–Crippen MR) is 119 cm³/mol. The molecule has 172 valence electrons. The van der Waals surface area contributed by atoms with Gasteiger partial charge in [0.15, 0.2) is 17.3 Å². The normalized spacial score (nSPS) is 18.1. The highest BCUT2D eigenvalue weighted by Gasteiger charge is 2.35. The van der Waals surface area contributed by atoms with Crippen molar-refractivity contribution in [1.82, 2.24) is 9.88 Å². The zero-order valence-corrected chi connectivity index (χ0v) is 18.1. The van der Waals surface area contributed by atoms with Crippen LogP contribution in [-0.2, 0) is 6.42 Å². The molecule has 0 saturated heterocycles. The van der Waals surface area contributed by atoms with Crippen molar-refractivity contribution in [3.8, 4) is 5.75 Å². The van der Waals surface area contributed by atoms with Crippen molar-refractivity contribution < 1.29 is 23.1 Å². The number of Topliss-reactive ketones (excluding diaryl/α,β-unsaturated/α-hetero) is 1. The molecule has 3 N–H and O–H groups in total. The maximum absolute atomic E-state index is 14.3. The van der Waals surface area contributed by atoms with Crippen molar-refractivity contribution >= 4 is 22.6 Å². The maximum Gasteiger partial charge on any atom is 0.249 e. The SMILES string of the molecule is NC(=O)c1ccc(F)c2c1CC(N(CCC(=O)c1c[nH]c3ccc(F)cc13)C1CCC1)CO2. The molecule has 0 spiro atoms. The van der Waals surface area contributed by atoms with E-state index in [0.29, 0.717) is 41.0 Å². The van der Waals surface area contributed by atoms with Gasteiger partial charge in [-0.1, -0.05) is 6.42 Å². The van der Waals surface area contributed by atoms with Gasteiger partial charge in [-0.15, -0.1) is 0 Å². The van der Waals surface area contributed by atoms with Crippen molar-refractivity contribution in [2.75, 3.05) is 13.2 Å². The molecule has 8 heteroatoms. The molecule has 1 atom stereocenters. The molecule has 1 unspecified atom stereocenters. The van der Waals surface area contributed by atoms with Gasteiger partial charge in [-0.25, -0.2) is 8.78 Å². The number of H-pyrrole nitrogens is 1. The Morgan fingerprint density at radius 1 is 1.12 bits per heavy atom. The molecule has 33 heavy (non-hydrogen) atoms. The van der Waals surface area contributed by atoms with Gasteiger partial charge in [0.1, 0.15) is 12.4 Å². The van der Waals surface area contributed by atoms with Crippen LogP contribution in [0.2, 0.25) is 0 Å². The van der Waals surface area contributed by atoms with Crippen LogP contribution in [0.25, 0.3) is 10.9 Å². The minimum atomic E-state index is -0.618. The molecule has 1 amide bonds. The van der Waals surface area contributed by atoms with E-state index in [1.54, 1.807) is 12.3 Å². The zero-order valence-electron chi connectivity index (χ0n) is 18.1. The molecule has 6 nitrogen and oxygen atoms in total. The van der Waals surface area contributed by atoms with Crippen molar-refractivity contribution in [2.45, 2.75) is 44.2 Å². The van der Waals surface area contributed by atoms with E-state index in [-0.39, 0.29) is 42.0 Å². The average Bonchev–Trinajstić information content (AvgIpc) is 3.18. The Balaban J connectivity index is 1.36. The summed E-state index contributed by atoms with van der Waals surface area (Å²) < 4.78 is 33.7. The summed E-state index contributed by atoms with van der Waals surface area (Å²) in [6, 6.07) is 7.15. The van der Waals surface area contributed by atoms with Crippen LogP contribution in [0.15, 0.2) is 36.5 Å². The number of hydrogen-bond donors (Lipinski definition) is 2. The standard InChI is InChI=1S/C25H25F2N3O3/c26-14-4-7-22-18(10-14)20(12-29-22)23(31)8-9-30(15-2-1-3-15)16-11-19-17(25(28)32)5-6-21(27)24(19)33-13-16/h4-7,10,12,15-16,29H,1-3,8-9,11,13H2,(H2,28,32). The summed E-state index contributed by atoms with van der Waals surface area (Å²) in [5.74, 6) is -1.49. The summed E-state index contributed by atoms with van der Waals surface area (Å²) in [7, 11) is 0. The third-order valence-electron chi connectivity index (χ3n) is 6.89. The lowest BCUT2D eigenvalue weighted by atomic mass is 9.87. The van der Waals surface area contributed by atoms with Gasteiger partial charge in [0, 0.05) is 58.8 Å². The topological polar surface area (TPSA) is 88.4 Å². The van der Waals surface area contributed by atoms with Crippen LogP contribution in [0.3, 0.4) is 0 Å². The number of benzene rings is 2. The molecule has 2 aromatic carbocycles. The van der Waals surface area contributed by atoms with Crippen LogP contribution in [0.1, 0.15) is 52.0 Å². The number of halogens is 2. The highest BCUT2D eigenvalue weighted by molar-refractivity contribution is 6.07. The second-order valence-corrected chi connectivity index (χ2v) is 8.82. The summed E-state index contributed by atoms with van der Waals surface area (Å²) >= 11 is 0. The third-order valence-corrected chi connectivity index (χ3v) is 6.89. The number of fused-ring (bicyclic) bond motifs is 2. The van der Waals surface area contributed by atoms with Crippen molar-refractivity contribution in [2.24, 2.45) is 5.73 Å². The summed E-state index contributed by atoms with van der Waals surface area (Å²) in [6.45, 7) is 0.769. The highest BCUT2D eigenvalue weighted by Crippen LogP contribution is 2.35. The fourth-order valence-electron chi connectivity index (χ4n) is 4.95. The number of carbonyl (C=O) groups excluding carboxylic acids is 2. The van der Waals surface area contributed by atoms with Crippen LogP contribution in [0.5, 0.6) is 5.75 Å². The lowest BCUT2D eigenvalue weighted by molar-refractivity contribution is 0.0412. The number of ether oxygens (including phenoxy) is 1. The number of rotatable bonds is 7. The minimum Gasteiger partial charge on any atom is -0.489 e. The van der Waals surface area contributed by atoms with Crippen LogP contribution in [-0.4, -0.2) is 46.8 Å². The van der Waals surface area contributed by atoms with Gasteiger partial charge in [0.2, 0.25) is 5.91 Å². The number of nitrogens with zero attached hydrogens (tertiary/aromatic N) is 1. The van der Waals surface area contributed by atoms with E-state index in [9.17, 15) is 18.4 Å². The number of ketones is 1. The summed E-state index contributed by atoms with van der Waals surface area (Å²) in [5, 5.41) is 0.576. The molecule has 3 aromatic rings. The zero-order chi connectivity index (χ0) is 23.1. The van der Waals surface area contributed by atoms with E-state index < -0.39 is 11.7 Å². The Bertz CT molecular complexity index is 1240. The first-order valence-electron chi connectivity index (χ1n) is 11.2. The minimum absolute atomic E-state index is 0.0721. The average molecular weight is 453 g/mol. The second-order valence-electron chi connectivity index (χ2n) is 8.82. The largest absolute Gasteiger partial charge is 0.489 e. The van der Waals surface area contributed by atoms with Gasteiger partial charge in [0.25, 0.3) is 0 Å². The fraction of sp³-hybridized carbons (Fsp3) is 0.360. The van der Waals surface area contributed by atoms with Crippen molar-refractivity contribution in [3.05, 3.63) is 64.9 Å². The first-order chi connectivity index (χ1) is 15.9. The van der Waals surface area contributed by atoms with Crippen LogP contribution in [0, 0.1) is 11.6 Å². The number of nitrogens with two attached hydrogens (primary N) is 1. The maximum atomic E-state index is 14.3. The first-order valence-corrected chi connectivity index (χ1v) is 11.2.